The van der Waals surface area contributed by atoms with Gasteiger partial charge in [-0.15, -0.1) is 0 Å². The molecule has 0 aliphatic heterocycles. The normalized spacial score (nSPS) is 10.3. The van der Waals surface area contributed by atoms with Crippen molar-refractivity contribution in [3.05, 3.63) is 53.1 Å². The summed E-state index contributed by atoms with van der Waals surface area (Å²) in [5.74, 6) is -0.895. The SMILES string of the molecule is Cc1cccc(F)c1NC(=O)c1cc(N)cnc1C. The van der Waals surface area contributed by atoms with Crippen molar-refractivity contribution in [2.45, 2.75) is 13.8 Å². The molecule has 2 rings (SSSR count). The van der Waals surface area contributed by atoms with E-state index in [0.717, 1.165) is 0 Å². The number of rotatable bonds is 2. The van der Waals surface area contributed by atoms with E-state index in [1.165, 1.54) is 18.3 Å². The number of benzene rings is 1. The van der Waals surface area contributed by atoms with Crippen molar-refractivity contribution in [2.75, 3.05) is 11.1 Å². The molecule has 3 N–H and O–H groups in total. The minimum Gasteiger partial charge on any atom is -0.397 e. The molecule has 4 nitrogen and oxygen atoms in total. The number of carbonyl (C=O) groups excluding carboxylic acids is 1. The molecule has 1 aromatic carbocycles. The molecule has 2 aromatic rings. The first-order valence-corrected chi connectivity index (χ1v) is 5.77. The van der Waals surface area contributed by atoms with Crippen molar-refractivity contribution in [3.8, 4) is 0 Å². The molecular formula is C14H14FN3O. The molecule has 0 spiro atoms. The summed E-state index contributed by atoms with van der Waals surface area (Å²) in [6.45, 7) is 3.42. The molecule has 0 radical (unpaired) electrons. The fourth-order valence-corrected chi connectivity index (χ4v) is 1.75. The number of aromatic nitrogens is 1. The highest BCUT2D eigenvalue weighted by atomic mass is 19.1. The lowest BCUT2D eigenvalue weighted by molar-refractivity contribution is 0.102. The van der Waals surface area contributed by atoms with Crippen molar-refractivity contribution in [1.82, 2.24) is 4.98 Å². The Labute approximate surface area is 110 Å². The van der Waals surface area contributed by atoms with Crippen molar-refractivity contribution in [1.29, 1.82) is 0 Å². The number of hydrogen-bond donors (Lipinski definition) is 2. The maximum absolute atomic E-state index is 13.7. The van der Waals surface area contributed by atoms with Crippen LogP contribution in [0.1, 0.15) is 21.6 Å². The number of nitrogens with zero attached hydrogens (tertiary/aromatic N) is 1. The lowest BCUT2D eigenvalue weighted by atomic mass is 10.1. The van der Waals surface area contributed by atoms with Crippen LogP contribution in [0.4, 0.5) is 15.8 Å². The van der Waals surface area contributed by atoms with E-state index in [0.29, 0.717) is 22.5 Å². The topological polar surface area (TPSA) is 68.0 Å². The first kappa shape index (κ1) is 13.0. The van der Waals surface area contributed by atoms with E-state index in [1.807, 2.05) is 0 Å². The summed E-state index contributed by atoms with van der Waals surface area (Å²) in [4.78, 5) is 16.1. The molecule has 0 saturated carbocycles. The zero-order valence-corrected chi connectivity index (χ0v) is 10.7. The van der Waals surface area contributed by atoms with Crippen LogP contribution in [0, 0.1) is 19.7 Å². The van der Waals surface area contributed by atoms with Gasteiger partial charge in [-0.05, 0) is 31.5 Å². The largest absolute Gasteiger partial charge is 0.397 e. The highest BCUT2D eigenvalue weighted by Gasteiger charge is 2.14. The summed E-state index contributed by atoms with van der Waals surface area (Å²) < 4.78 is 13.7. The van der Waals surface area contributed by atoms with Gasteiger partial charge in [-0.1, -0.05) is 12.1 Å². The minimum atomic E-state index is -0.470. The van der Waals surface area contributed by atoms with Crippen molar-refractivity contribution < 1.29 is 9.18 Å². The molecule has 0 fully saturated rings. The van der Waals surface area contributed by atoms with Crippen molar-refractivity contribution in [2.24, 2.45) is 0 Å². The first-order chi connectivity index (χ1) is 8.99. The van der Waals surface area contributed by atoms with Gasteiger partial charge in [-0.25, -0.2) is 4.39 Å². The highest BCUT2D eigenvalue weighted by Crippen LogP contribution is 2.20. The lowest BCUT2D eigenvalue weighted by Gasteiger charge is -2.10. The molecule has 1 aromatic heterocycles. The van der Waals surface area contributed by atoms with Crippen molar-refractivity contribution >= 4 is 17.3 Å². The van der Waals surface area contributed by atoms with Crippen LogP contribution in [0.2, 0.25) is 0 Å². The van der Waals surface area contributed by atoms with Crippen LogP contribution in [-0.2, 0) is 0 Å². The number of aryl methyl sites for hydroxylation is 2. The molecule has 0 saturated heterocycles. The monoisotopic (exact) mass is 259 g/mol. The number of amides is 1. The number of nitrogen functional groups attached to an aromatic ring is 1. The van der Waals surface area contributed by atoms with Crippen LogP contribution in [0.25, 0.3) is 0 Å². The number of pyridine rings is 1. The number of para-hydroxylation sites is 1. The molecule has 0 atom stereocenters. The van der Waals surface area contributed by atoms with Crippen LogP contribution < -0.4 is 11.1 Å². The zero-order chi connectivity index (χ0) is 14.0. The number of carbonyl (C=O) groups is 1. The van der Waals surface area contributed by atoms with Crippen LogP contribution >= 0.6 is 0 Å². The molecule has 5 heteroatoms. The molecule has 98 valence electrons. The number of anilines is 2. The van der Waals surface area contributed by atoms with Crippen LogP contribution in [0.15, 0.2) is 30.5 Å². The van der Waals surface area contributed by atoms with E-state index in [1.54, 1.807) is 26.0 Å². The maximum atomic E-state index is 13.7. The maximum Gasteiger partial charge on any atom is 0.257 e. The smallest absolute Gasteiger partial charge is 0.257 e. The molecule has 1 heterocycles. The van der Waals surface area contributed by atoms with Gasteiger partial charge < -0.3 is 11.1 Å². The number of nitrogens with two attached hydrogens (primary N) is 1. The summed E-state index contributed by atoms with van der Waals surface area (Å²) in [5, 5.41) is 2.55. The van der Waals surface area contributed by atoms with Gasteiger partial charge in [0.1, 0.15) is 5.82 Å². The minimum absolute atomic E-state index is 0.175. The van der Waals surface area contributed by atoms with E-state index in [4.69, 9.17) is 5.73 Å². The molecule has 0 aliphatic rings. The fraction of sp³-hybridized carbons (Fsp3) is 0.143. The lowest BCUT2D eigenvalue weighted by Crippen LogP contribution is -2.16. The Morgan fingerprint density at radius 3 is 2.79 bits per heavy atom. The van der Waals surface area contributed by atoms with Gasteiger partial charge in [0.2, 0.25) is 0 Å². The van der Waals surface area contributed by atoms with Gasteiger partial charge in [0.05, 0.1) is 28.8 Å². The van der Waals surface area contributed by atoms with E-state index in [-0.39, 0.29) is 5.69 Å². The predicted molar refractivity (Wildman–Crippen MR) is 72.5 cm³/mol. The summed E-state index contributed by atoms with van der Waals surface area (Å²) >= 11 is 0. The average molecular weight is 259 g/mol. The van der Waals surface area contributed by atoms with Crippen LogP contribution in [0.3, 0.4) is 0 Å². The summed E-state index contributed by atoms with van der Waals surface area (Å²) in [6.07, 6.45) is 1.47. The highest BCUT2D eigenvalue weighted by molar-refractivity contribution is 6.05. The van der Waals surface area contributed by atoms with Crippen molar-refractivity contribution in [3.63, 3.8) is 0 Å². The van der Waals surface area contributed by atoms with Gasteiger partial charge in [0, 0.05) is 0 Å². The molecule has 19 heavy (non-hydrogen) atoms. The Bertz CT molecular complexity index is 620. The van der Waals surface area contributed by atoms with Gasteiger partial charge >= 0.3 is 0 Å². The van der Waals surface area contributed by atoms with E-state index in [2.05, 4.69) is 10.3 Å². The quantitative estimate of drug-likeness (QED) is 0.871. The summed E-state index contributed by atoms with van der Waals surface area (Å²) in [5.41, 5.74) is 7.70. The van der Waals surface area contributed by atoms with Gasteiger partial charge in [-0.2, -0.15) is 0 Å². The Hall–Kier alpha value is -2.43. The second-order valence-electron chi connectivity index (χ2n) is 4.29. The Morgan fingerprint density at radius 2 is 2.11 bits per heavy atom. The Morgan fingerprint density at radius 1 is 1.37 bits per heavy atom. The summed E-state index contributed by atoms with van der Waals surface area (Å²) in [6, 6.07) is 6.14. The third-order valence-electron chi connectivity index (χ3n) is 2.81. The van der Waals surface area contributed by atoms with Gasteiger partial charge in [-0.3, -0.25) is 9.78 Å². The first-order valence-electron chi connectivity index (χ1n) is 5.77. The fourth-order valence-electron chi connectivity index (χ4n) is 1.75. The third kappa shape index (κ3) is 2.70. The second kappa shape index (κ2) is 5.06. The van der Waals surface area contributed by atoms with Crippen LogP contribution in [0.5, 0.6) is 0 Å². The standard InChI is InChI=1S/C14H14FN3O/c1-8-4-3-5-12(15)13(8)18-14(19)11-6-10(16)7-17-9(11)2/h3-7H,16H2,1-2H3,(H,18,19). The number of halogens is 1. The van der Waals surface area contributed by atoms with E-state index in [9.17, 15) is 9.18 Å². The third-order valence-corrected chi connectivity index (χ3v) is 2.81. The zero-order valence-electron chi connectivity index (χ0n) is 10.7. The average Bonchev–Trinajstić information content (AvgIpc) is 2.37. The molecule has 0 aliphatic carbocycles. The van der Waals surface area contributed by atoms with Gasteiger partial charge in [0.15, 0.2) is 0 Å². The summed E-state index contributed by atoms with van der Waals surface area (Å²) in [7, 11) is 0. The number of hydrogen-bond acceptors (Lipinski definition) is 3. The number of nitrogens with one attached hydrogen (secondary N) is 1. The Kier molecular flexibility index (Phi) is 3.46. The molecule has 0 bridgehead atoms. The molecule has 1 amide bonds. The second-order valence-corrected chi connectivity index (χ2v) is 4.29. The van der Waals surface area contributed by atoms with Crippen LogP contribution in [-0.4, -0.2) is 10.9 Å². The predicted octanol–water partition coefficient (Wildman–Crippen LogP) is 2.67. The molecule has 0 unspecified atom stereocenters. The molecular weight excluding hydrogens is 245 g/mol. The van der Waals surface area contributed by atoms with Gasteiger partial charge in [0.25, 0.3) is 5.91 Å². The Balaban J connectivity index is 2.34. The van der Waals surface area contributed by atoms with E-state index >= 15 is 0 Å². The van der Waals surface area contributed by atoms with E-state index < -0.39 is 11.7 Å².